The Morgan fingerprint density at radius 3 is 2.75 bits per heavy atom. The molecule has 0 saturated heterocycles. The van der Waals surface area contributed by atoms with Crippen molar-refractivity contribution in [3.05, 3.63) is 53.7 Å². The Morgan fingerprint density at radius 2 is 1.95 bits per heavy atom. The molecule has 0 aliphatic carbocycles. The number of anilines is 1. The summed E-state index contributed by atoms with van der Waals surface area (Å²) in [6.45, 7) is 5.72. The number of pyridine rings is 1. The summed E-state index contributed by atoms with van der Waals surface area (Å²) in [5.74, 6) is 1.81. The van der Waals surface area contributed by atoms with E-state index in [9.17, 15) is 0 Å². The Labute approximate surface area is 121 Å². The zero-order chi connectivity index (χ0) is 14.2. The minimum atomic E-state index is 0.495. The maximum absolute atomic E-state index is 5.80. The SMILES string of the molecule is CCCNc1cccc(COc2cccc(CC)c2)n1. The van der Waals surface area contributed by atoms with Crippen molar-refractivity contribution in [1.29, 1.82) is 0 Å². The standard InChI is InChI=1S/C17H22N2O/c1-3-11-18-17-10-6-8-15(19-17)13-20-16-9-5-7-14(4-2)12-16/h5-10,12H,3-4,11,13H2,1-2H3,(H,18,19). The molecule has 2 aromatic rings. The Bertz CT molecular complexity index is 540. The maximum Gasteiger partial charge on any atom is 0.130 e. The topological polar surface area (TPSA) is 34.1 Å². The molecule has 1 heterocycles. The molecule has 0 unspecified atom stereocenters. The minimum absolute atomic E-state index is 0.495. The van der Waals surface area contributed by atoms with Crippen LogP contribution in [-0.4, -0.2) is 11.5 Å². The highest BCUT2D eigenvalue weighted by Crippen LogP contribution is 2.15. The van der Waals surface area contributed by atoms with Crippen LogP contribution in [0.3, 0.4) is 0 Å². The van der Waals surface area contributed by atoms with Crippen molar-refractivity contribution >= 4 is 5.82 Å². The molecule has 3 heteroatoms. The van der Waals surface area contributed by atoms with Gasteiger partial charge in [0.1, 0.15) is 18.2 Å². The Morgan fingerprint density at radius 1 is 1.10 bits per heavy atom. The molecule has 0 aliphatic rings. The highest BCUT2D eigenvalue weighted by atomic mass is 16.5. The smallest absolute Gasteiger partial charge is 0.130 e. The van der Waals surface area contributed by atoms with Crippen molar-refractivity contribution in [2.75, 3.05) is 11.9 Å². The van der Waals surface area contributed by atoms with Gasteiger partial charge in [0.2, 0.25) is 0 Å². The van der Waals surface area contributed by atoms with E-state index in [4.69, 9.17) is 4.74 Å². The summed E-state index contributed by atoms with van der Waals surface area (Å²) in [7, 11) is 0. The molecular formula is C17H22N2O. The predicted molar refractivity (Wildman–Crippen MR) is 83.2 cm³/mol. The van der Waals surface area contributed by atoms with Crippen LogP contribution in [0.5, 0.6) is 5.75 Å². The fraction of sp³-hybridized carbons (Fsp3) is 0.353. The lowest BCUT2D eigenvalue weighted by molar-refractivity contribution is 0.301. The number of ether oxygens (including phenoxy) is 1. The van der Waals surface area contributed by atoms with Crippen LogP contribution in [0.15, 0.2) is 42.5 Å². The van der Waals surface area contributed by atoms with Gasteiger partial charge in [0.05, 0.1) is 5.69 Å². The lowest BCUT2D eigenvalue weighted by Crippen LogP contribution is -2.04. The third-order valence-electron chi connectivity index (χ3n) is 3.06. The van der Waals surface area contributed by atoms with E-state index in [1.54, 1.807) is 0 Å². The average Bonchev–Trinajstić information content (AvgIpc) is 2.51. The molecule has 1 aromatic carbocycles. The third-order valence-corrected chi connectivity index (χ3v) is 3.06. The van der Waals surface area contributed by atoms with Gasteiger partial charge >= 0.3 is 0 Å². The number of nitrogens with one attached hydrogen (secondary N) is 1. The van der Waals surface area contributed by atoms with Gasteiger partial charge in [-0.15, -0.1) is 0 Å². The zero-order valence-electron chi connectivity index (χ0n) is 12.2. The number of rotatable bonds is 7. The second kappa shape index (κ2) is 7.53. The molecule has 0 fully saturated rings. The maximum atomic E-state index is 5.80. The van der Waals surface area contributed by atoms with Crippen LogP contribution >= 0.6 is 0 Å². The molecule has 0 saturated carbocycles. The third kappa shape index (κ3) is 4.26. The van der Waals surface area contributed by atoms with Gasteiger partial charge in [0.15, 0.2) is 0 Å². The van der Waals surface area contributed by atoms with Crippen LogP contribution in [0.1, 0.15) is 31.5 Å². The van der Waals surface area contributed by atoms with E-state index in [0.29, 0.717) is 6.61 Å². The molecule has 0 radical (unpaired) electrons. The Balaban J connectivity index is 1.95. The molecule has 3 nitrogen and oxygen atoms in total. The molecule has 0 amide bonds. The molecular weight excluding hydrogens is 248 g/mol. The fourth-order valence-electron chi connectivity index (χ4n) is 1.92. The first-order chi connectivity index (χ1) is 9.81. The second-order valence-corrected chi connectivity index (χ2v) is 4.73. The molecule has 0 bridgehead atoms. The number of aromatic nitrogens is 1. The summed E-state index contributed by atoms with van der Waals surface area (Å²) in [5, 5.41) is 3.28. The van der Waals surface area contributed by atoms with Gasteiger partial charge in [-0.05, 0) is 42.7 Å². The first-order valence-corrected chi connectivity index (χ1v) is 7.23. The van der Waals surface area contributed by atoms with Gasteiger partial charge in [-0.25, -0.2) is 4.98 Å². The van der Waals surface area contributed by atoms with E-state index >= 15 is 0 Å². The van der Waals surface area contributed by atoms with E-state index in [1.807, 2.05) is 30.3 Å². The van der Waals surface area contributed by atoms with E-state index in [-0.39, 0.29) is 0 Å². The normalized spacial score (nSPS) is 10.3. The van der Waals surface area contributed by atoms with Crippen LogP contribution in [0.4, 0.5) is 5.82 Å². The van der Waals surface area contributed by atoms with Crippen LogP contribution in [0, 0.1) is 0 Å². The summed E-state index contributed by atoms with van der Waals surface area (Å²) in [5.41, 5.74) is 2.22. The highest BCUT2D eigenvalue weighted by molar-refractivity contribution is 5.35. The van der Waals surface area contributed by atoms with E-state index in [2.05, 4.69) is 36.3 Å². The first-order valence-electron chi connectivity index (χ1n) is 7.23. The monoisotopic (exact) mass is 270 g/mol. The predicted octanol–water partition coefficient (Wildman–Crippen LogP) is 4.04. The van der Waals surface area contributed by atoms with E-state index < -0.39 is 0 Å². The molecule has 0 atom stereocenters. The van der Waals surface area contributed by atoms with Gasteiger partial charge < -0.3 is 10.1 Å². The molecule has 0 spiro atoms. The van der Waals surface area contributed by atoms with Crippen molar-refractivity contribution in [3.8, 4) is 5.75 Å². The summed E-state index contributed by atoms with van der Waals surface area (Å²) in [4.78, 5) is 4.53. The minimum Gasteiger partial charge on any atom is -0.487 e. The van der Waals surface area contributed by atoms with E-state index in [1.165, 1.54) is 5.56 Å². The van der Waals surface area contributed by atoms with E-state index in [0.717, 1.165) is 36.6 Å². The number of nitrogens with zero attached hydrogens (tertiary/aromatic N) is 1. The summed E-state index contributed by atoms with van der Waals surface area (Å²) in [6, 6.07) is 14.2. The Kier molecular flexibility index (Phi) is 5.42. The quantitative estimate of drug-likeness (QED) is 0.824. The van der Waals surface area contributed by atoms with Gasteiger partial charge in [-0.3, -0.25) is 0 Å². The largest absolute Gasteiger partial charge is 0.487 e. The number of benzene rings is 1. The summed E-state index contributed by atoms with van der Waals surface area (Å²) < 4.78 is 5.80. The number of hydrogen-bond donors (Lipinski definition) is 1. The van der Waals surface area contributed by atoms with Crippen LogP contribution in [-0.2, 0) is 13.0 Å². The summed E-state index contributed by atoms with van der Waals surface area (Å²) >= 11 is 0. The van der Waals surface area contributed by atoms with Crippen LogP contribution in [0.2, 0.25) is 0 Å². The zero-order valence-corrected chi connectivity index (χ0v) is 12.2. The van der Waals surface area contributed by atoms with Crippen molar-refractivity contribution in [1.82, 2.24) is 4.98 Å². The Hall–Kier alpha value is -2.03. The molecule has 0 aliphatic heterocycles. The van der Waals surface area contributed by atoms with Gasteiger partial charge in [0.25, 0.3) is 0 Å². The van der Waals surface area contributed by atoms with Crippen molar-refractivity contribution in [2.45, 2.75) is 33.3 Å². The van der Waals surface area contributed by atoms with Gasteiger partial charge in [-0.2, -0.15) is 0 Å². The van der Waals surface area contributed by atoms with Crippen molar-refractivity contribution in [3.63, 3.8) is 0 Å². The van der Waals surface area contributed by atoms with Crippen LogP contribution < -0.4 is 10.1 Å². The second-order valence-electron chi connectivity index (χ2n) is 4.73. The molecule has 1 N–H and O–H groups in total. The lowest BCUT2D eigenvalue weighted by atomic mass is 10.2. The van der Waals surface area contributed by atoms with Crippen molar-refractivity contribution < 1.29 is 4.74 Å². The fourth-order valence-corrected chi connectivity index (χ4v) is 1.92. The number of hydrogen-bond acceptors (Lipinski definition) is 3. The first kappa shape index (κ1) is 14.4. The molecule has 2 rings (SSSR count). The molecule has 1 aromatic heterocycles. The highest BCUT2D eigenvalue weighted by Gasteiger charge is 2.00. The lowest BCUT2D eigenvalue weighted by Gasteiger charge is -2.09. The van der Waals surface area contributed by atoms with Crippen LogP contribution in [0.25, 0.3) is 0 Å². The van der Waals surface area contributed by atoms with Gasteiger partial charge in [-0.1, -0.05) is 32.0 Å². The number of aryl methyl sites for hydroxylation is 1. The molecule has 20 heavy (non-hydrogen) atoms. The van der Waals surface area contributed by atoms with Crippen molar-refractivity contribution in [2.24, 2.45) is 0 Å². The average molecular weight is 270 g/mol. The van der Waals surface area contributed by atoms with Gasteiger partial charge in [0, 0.05) is 6.54 Å². The summed E-state index contributed by atoms with van der Waals surface area (Å²) in [6.07, 6.45) is 2.11. The molecule has 106 valence electrons.